The van der Waals surface area contributed by atoms with Gasteiger partial charge in [0.1, 0.15) is 0 Å². The third-order valence-corrected chi connectivity index (χ3v) is 4.48. The molecule has 0 radical (unpaired) electrons. The van der Waals surface area contributed by atoms with Crippen LogP contribution in [0.5, 0.6) is 0 Å². The van der Waals surface area contributed by atoms with Crippen LogP contribution in [0.15, 0.2) is 54.6 Å². The van der Waals surface area contributed by atoms with E-state index in [1.165, 1.54) is 5.56 Å². The molecule has 124 valence electrons. The summed E-state index contributed by atoms with van der Waals surface area (Å²) in [5.41, 5.74) is 2.42. The van der Waals surface area contributed by atoms with E-state index in [4.69, 9.17) is 0 Å². The topological polar surface area (TPSA) is 17.1 Å². The van der Waals surface area contributed by atoms with E-state index in [2.05, 4.69) is 44.7 Å². The molecule has 0 bridgehead atoms. The Kier molecular flexibility index (Phi) is 5.30. The van der Waals surface area contributed by atoms with Crippen molar-refractivity contribution in [3.8, 4) is 11.8 Å². The smallest absolute Gasteiger partial charge is 0.180 e. The molecule has 0 saturated heterocycles. The minimum absolute atomic E-state index is 0.0874. The Bertz CT molecular complexity index is 752. The number of benzene rings is 2. The number of hydrogen-bond acceptors (Lipinski definition) is 1. The van der Waals surface area contributed by atoms with Crippen LogP contribution in [0.3, 0.4) is 0 Å². The van der Waals surface area contributed by atoms with Gasteiger partial charge in [0.15, 0.2) is 5.78 Å². The third-order valence-electron chi connectivity index (χ3n) is 4.48. The van der Waals surface area contributed by atoms with E-state index in [9.17, 15) is 4.79 Å². The van der Waals surface area contributed by atoms with Crippen molar-refractivity contribution in [3.05, 3.63) is 71.3 Å². The molecule has 1 heteroatoms. The van der Waals surface area contributed by atoms with E-state index in [1.807, 2.05) is 56.3 Å². The quantitative estimate of drug-likeness (QED) is 0.529. The first-order valence-electron chi connectivity index (χ1n) is 8.50. The second kappa shape index (κ2) is 7.05. The Morgan fingerprint density at radius 3 is 2.00 bits per heavy atom. The van der Waals surface area contributed by atoms with Crippen LogP contribution in [0.4, 0.5) is 0 Å². The first-order chi connectivity index (χ1) is 11.3. The summed E-state index contributed by atoms with van der Waals surface area (Å²) in [4.78, 5) is 12.8. The molecule has 24 heavy (non-hydrogen) atoms. The van der Waals surface area contributed by atoms with Gasteiger partial charge in [-0.2, -0.15) is 0 Å². The first-order valence-corrected chi connectivity index (χ1v) is 8.50. The molecule has 0 fully saturated rings. The van der Waals surface area contributed by atoms with Crippen LogP contribution in [0, 0.1) is 17.3 Å². The van der Waals surface area contributed by atoms with E-state index < -0.39 is 5.41 Å². The summed E-state index contributed by atoms with van der Waals surface area (Å²) in [6.07, 6.45) is 0.688. The number of hydrogen-bond donors (Lipinski definition) is 0. The molecule has 0 saturated carbocycles. The van der Waals surface area contributed by atoms with Crippen LogP contribution in [-0.2, 0) is 5.41 Å². The van der Waals surface area contributed by atoms with Crippen molar-refractivity contribution in [3.63, 3.8) is 0 Å². The first kappa shape index (κ1) is 18.0. The molecule has 1 atom stereocenters. The van der Waals surface area contributed by atoms with Crippen molar-refractivity contribution in [1.29, 1.82) is 0 Å². The highest BCUT2D eigenvalue weighted by Gasteiger charge is 2.29. The van der Waals surface area contributed by atoms with Gasteiger partial charge in [-0.15, -0.1) is 0 Å². The Balaban J connectivity index is 2.27. The third kappa shape index (κ3) is 4.15. The average molecular weight is 318 g/mol. The van der Waals surface area contributed by atoms with Gasteiger partial charge >= 0.3 is 0 Å². The molecular formula is C23H26O. The number of carbonyl (C=O) groups excluding carboxylic acids is 1. The van der Waals surface area contributed by atoms with Crippen LogP contribution in [0.2, 0.25) is 0 Å². The SMILES string of the molecule is CCC(C)(C#Cc1ccc(C(C)(C)C)cc1)C(=O)c1ccccc1. The fourth-order valence-electron chi connectivity index (χ4n) is 2.48. The predicted octanol–water partition coefficient (Wildman–Crippen LogP) is 5.63. The lowest BCUT2D eigenvalue weighted by Gasteiger charge is -2.20. The van der Waals surface area contributed by atoms with Crippen molar-refractivity contribution in [2.45, 2.75) is 46.5 Å². The highest BCUT2D eigenvalue weighted by atomic mass is 16.1. The Morgan fingerprint density at radius 2 is 1.50 bits per heavy atom. The summed E-state index contributed by atoms with van der Waals surface area (Å²) in [7, 11) is 0. The summed E-state index contributed by atoms with van der Waals surface area (Å²) in [6.45, 7) is 10.5. The average Bonchev–Trinajstić information content (AvgIpc) is 2.59. The Hall–Kier alpha value is -2.33. The minimum atomic E-state index is -0.663. The highest BCUT2D eigenvalue weighted by Crippen LogP contribution is 2.26. The normalized spacial score (nSPS) is 13.5. The van der Waals surface area contributed by atoms with Crippen LogP contribution >= 0.6 is 0 Å². The maximum atomic E-state index is 12.8. The molecule has 1 unspecified atom stereocenters. The molecule has 2 rings (SSSR count). The van der Waals surface area contributed by atoms with Crippen molar-refractivity contribution >= 4 is 5.78 Å². The largest absolute Gasteiger partial charge is 0.292 e. The van der Waals surface area contributed by atoms with Gasteiger partial charge in [-0.25, -0.2) is 0 Å². The minimum Gasteiger partial charge on any atom is -0.292 e. The lowest BCUT2D eigenvalue weighted by atomic mass is 9.80. The molecule has 0 aromatic heterocycles. The Labute approximate surface area is 146 Å². The molecule has 0 heterocycles. The molecule has 0 aliphatic carbocycles. The molecule has 2 aromatic rings. The molecule has 0 N–H and O–H groups in total. The molecule has 0 spiro atoms. The number of Topliss-reactive ketones (excluding diaryl/α,β-unsaturated/α-hetero) is 1. The lowest BCUT2D eigenvalue weighted by Crippen LogP contribution is -2.25. The summed E-state index contributed by atoms with van der Waals surface area (Å²) < 4.78 is 0. The second-order valence-corrected chi connectivity index (χ2v) is 7.46. The van der Waals surface area contributed by atoms with Crippen molar-refractivity contribution < 1.29 is 4.79 Å². The summed E-state index contributed by atoms with van der Waals surface area (Å²) in [5, 5.41) is 0. The second-order valence-electron chi connectivity index (χ2n) is 7.46. The van der Waals surface area contributed by atoms with Gasteiger partial charge in [0.25, 0.3) is 0 Å². The van der Waals surface area contributed by atoms with Gasteiger partial charge in [-0.05, 0) is 36.5 Å². The number of rotatable bonds is 3. The molecule has 0 aliphatic heterocycles. The van der Waals surface area contributed by atoms with E-state index in [1.54, 1.807) is 0 Å². The summed E-state index contributed by atoms with van der Waals surface area (Å²) in [5.74, 6) is 6.50. The van der Waals surface area contributed by atoms with Crippen LogP contribution in [-0.4, -0.2) is 5.78 Å². The fraction of sp³-hybridized carbons (Fsp3) is 0.348. The molecule has 0 amide bonds. The zero-order valence-electron chi connectivity index (χ0n) is 15.3. The molecule has 1 nitrogen and oxygen atoms in total. The van der Waals surface area contributed by atoms with E-state index in [0.717, 1.165) is 11.1 Å². The summed E-state index contributed by atoms with van der Waals surface area (Å²) >= 11 is 0. The van der Waals surface area contributed by atoms with Crippen LogP contribution < -0.4 is 0 Å². The van der Waals surface area contributed by atoms with Crippen molar-refractivity contribution in [1.82, 2.24) is 0 Å². The maximum absolute atomic E-state index is 12.8. The highest BCUT2D eigenvalue weighted by molar-refractivity contribution is 6.02. The zero-order chi connectivity index (χ0) is 17.8. The monoisotopic (exact) mass is 318 g/mol. The van der Waals surface area contributed by atoms with Gasteiger partial charge in [0.2, 0.25) is 0 Å². The molecule has 0 aliphatic rings. The van der Waals surface area contributed by atoms with Crippen molar-refractivity contribution in [2.24, 2.45) is 5.41 Å². The fourth-order valence-corrected chi connectivity index (χ4v) is 2.48. The maximum Gasteiger partial charge on any atom is 0.180 e. The van der Waals surface area contributed by atoms with E-state index in [-0.39, 0.29) is 11.2 Å². The van der Waals surface area contributed by atoms with Gasteiger partial charge in [0, 0.05) is 11.1 Å². The number of ketones is 1. The van der Waals surface area contributed by atoms with Gasteiger partial charge in [-0.3, -0.25) is 4.79 Å². The summed E-state index contributed by atoms with van der Waals surface area (Å²) in [6, 6.07) is 17.7. The number of carbonyl (C=O) groups is 1. The van der Waals surface area contributed by atoms with Gasteiger partial charge in [-0.1, -0.05) is 82.0 Å². The standard InChI is InChI=1S/C23H26O/c1-6-23(5,21(24)19-10-8-7-9-11-19)17-16-18-12-14-20(15-13-18)22(2,3)4/h7-15H,6H2,1-5H3. The van der Waals surface area contributed by atoms with Gasteiger partial charge in [0.05, 0.1) is 5.41 Å². The molecule has 2 aromatic carbocycles. The van der Waals surface area contributed by atoms with E-state index >= 15 is 0 Å². The lowest BCUT2D eigenvalue weighted by molar-refractivity contribution is 0.0874. The Morgan fingerprint density at radius 1 is 0.917 bits per heavy atom. The zero-order valence-corrected chi connectivity index (χ0v) is 15.3. The predicted molar refractivity (Wildman–Crippen MR) is 101 cm³/mol. The van der Waals surface area contributed by atoms with Crippen LogP contribution in [0.1, 0.15) is 62.5 Å². The van der Waals surface area contributed by atoms with Crippen LogP contribution in [0.25, 0.3) is 0 Å². The van der Waals surface area contributed by atoms with E-state index in [0.29, 0.717) is 6.42 Å². The molecular weight excluding hydrogens is 292 g/mol. The van der Waals surface area contributed by atoms with Crippen molar-refractivity contribution in [2.75, 3.05) is 0 Å². The van der Waals surface area contributed by atoms with Gasteiger partial charge < -0.3 is 0 Å².